The number of hydrogen-bond acceptors (Lipinski definition) is 3. The molecule has 1 aliphatic rings. The summed E-state index contributed by atoms with van der Waals surface area (Å²) in [6.07, 6.45) is 0. The second-order valence-electron chi connectivity index (χ2n) is 4.97. The molecule has 2 rings (SSSR count). The van der Waals surface area contributed by atoms with Crippen LogP contribution in [0, 0.1) is 0 Å². The van der Waals surface area contributed by atoms with Crippen LogP contribution in [0.1, 0.15) is 12.5 Å². The Bertz CT molecular complexity index is 388. The molecule has 19 heavy (non-hydrogen) atoms. The van der Waals surface area contributed by atoms with E-state index in [1.54, 1.807) is 6.07 Å². The van der Waals surface area contributed by atoms with Crippen molar-refractivity contribution in [2.75, 3.05) is 32.8 Å². The number of rotatable bonds is 5. The molecule has 1 N–H and O–H groups in total. The van der Waals surface area contributed by atoms with Gasteiger partial charge >= 0.3 is 0 Å². The summed E-state index contributed by atoms with van der Waals surface area (Å²) in [5.74, 6) is 0. The minimum absolute atomic E-state index is 0.427. The molecule has 1 aliphatic heterocycles. The third-order valence-corrected chi connectivity index (χ3v) is 3.65. The number of halogens is 2. The lowest BCUT2D eigenvalue weighted by Gasteiger charge is -2.29. The van der Waals surface area contributed by atoms with Crippen molar-refractivity contribution < 1.29 is 4.74 Å². The second kappa shape index (κ2) is 7.46. The van der Waals surface area contributed by atoms with Crippen molar-refractivity contribution in [2.24, 2.45) is 0 Å². The molecule has 3 nitrogen and oxygen atoms in total. The molecule has 1 atom stereocenters. The van der Waals surface area contributed by atoms with E-state index in [0.717, 1.165) is 45.0 Å². The third kappa shape index (κ3) is 5.28. The van der Waals surface area contributed by atoms with E-state index in [2.05, 4.69) is 17.1 Å². The molecular formula is C14H20Cl2N2O. The molecule has 0 radical (unpaired) electrons. The van der Waals surface area contributed by atoms with E-state index < -0.39 is 0 Å². The second-order valence-corrected chi connectivity index (χ2v) is 5.85. The van der Waals surface area contributed by atoms with Gasteiger partial charge in [0.2, 0.25) is 0 Å². The zero-order chi connectivity index (χ0) is 13.7. The van der Waals surface area contributed by atoms with Gasteiger partial charge in [-0.3, -0.25) is 4.90 Å². The normalized spacial score (nSPS) is 18.5. The van der Waals surface area contributed by atoms with Crippen LogP contribution >= 0.6 is 23.2 Å². The van der Waals surface area contributed by atoms with E-state index in [0.29, 0.717) is 16.1 Å². The highest BCUT2D eigenvalue weighted by Gasteiger charge is 2.13. The van der Waals surface area contributed by atoms with Crippen LogP contribution in [0.3, 0.4) is 0 Å². The van der Waals surface area contributed by atoms with Gasteiger partial charge in [-0.05, 0) is 30.7 Å². The highest BCUT2D eigenvalue weighted by Crippen LogP contribution is 2.18. The fourth-order valence-electron chi connectivity index (χ4n) is 2.24. The van der Waals surface area contributed by atoms with Crippen LogP contribution in [0.4, 0.5) is 0 Å². The van der Waals surface area contributed by atoms with Gasteiger partial charge in [0, 0.05) is 42.3 Å². The van der Waals surface area contributed by atoms with E-state index in [-0.39, 0.29) is 0 Å². The predicted molar refractivity (Wildman–Crippen MR) is 80.0 cm³/mol. The van der Waals surface area contributed by atoms with E-state index in [1.165, 1.54) is 0 Å². The Hall–Kier alpha value is -0.320. The van der Waals surface area contributed by atoms with Crippen LogP contribution in [0.15, 0.2) is 18.2 Å². The third-order valence-electron chi connectivity index (χ3n) is 3.21. The van der Waals surface area contributed by atoms with Crippen LogP contribution in [0.2, 0.25) is 10.0 Å². The summed E-state index contributed by atoms with van der Waals surface area (Å²) >= 11 is 12.0. The van der Waals surface area contributed by atoms with Crippen molar-refractivity contribution in [3.8, 4) is 0 Å². The van der Waals surface area contributed by atoms with Crippen LogP contribution in [-0.4, -0.2) is 43.8 Å². The standard InChI is InChI=1S/C14H20Cl2N2O/c1-11(10-18-2-4-19-5-3-18)17-9-12-6-13(15)8-14(16)7-12/h6-8,11,17H,2-5,9-10H2,1H3. The molecule has 0 aromatic heterocycles. The molecule has 1 heterocycles. The lowest BCUT2D eigenvalue weighted by molar-refractivity contribution is 0.0343. The smallest absolute Gasteiger partial charge is 0.0594 e. The predicted octanol–water partition coefficient (Wildman–Crippen LogP) is 2.80. The summed E-state index contributed by atoms with van der Waals surface area (Å²) in [6, 6.07) is 6.07. The van der Waals surface area contributed by atoms with Gasteiger partial charge in [-0.25, -0.2) is 0 Å². The first-order valence-corrected chi connectivity index (χ1v) is 7.37. The highest BCUT2D eigenvalue weighted by atomic mass is 35.5. The topological polar surface area (TPSA) is 24.5 Å². The molecule has 0 spiro atoms. The van der Waals surface area contributed by atoms with E-state index >= 15 is 0 Å². The molecule has 1 fully saturated rings. The molecule has 0 aliphatic carbocycles. The summed E-state index contributed by atoms with van der Waals surface area (Å²) in [5.41, 5.74) is 1.12. The fourth-order valence-corrected chi connectivity index (χ4v) is 2.81. The van der Waals surface area contributed by atoms with Gasteiger partial charge < -0.3 is 10.1 Å². The van der Waals surface area contributed by atoms with Crippen molar-refractivity contribution in [1.29, 1.82) is 0 Å². The Kier molecular flexibility index (Phi) is 5.92. The summed E-state index contributed by atoms with van der Waals surface area (Å²) in [4.78, 5) is 2.42. The van der Waals surface area contributed by atoms with Gasteiger partial charge in [0.05, 0.1) is 13.2 Å². The maximum absolute atomic E-state index is 5.99. The number of hydrogen-bond donors (Lipinski definition) is 1. The van der Waals surface area contributed by atoms with Crippen LogP contribution in [-0.2, 0) is 11.3 Å². The Morgan fingerprint density at radius 1 is 1.21 bits per heavy atom. The highest BCUT2D eigenvalue weighted by molar-refractivity contribution is 6.34. The Labute approximate surface area is 124 Å². The molecule has 1 unspecified atom stereocenters. The molecule has 5 heteroatoms. The molecule has 1 aromatic carbocycles. The van der Waals surface area contributed by atoms with Crippen molar-refractivity contribution >= 4 is 23.2 Å². The largest absolute Gasteiger partial charge is 0.379 e. The van der Waals surface area contributed by atoms with Crippen LogP contribution in [0.5, 0.6) is 0 Å². The monoisotopic (exact) mass is 302 g/mol. The van der Waals surface area contributed by atoms with Crippen molar-refractivity contribution in [2.45, 2.75) is 19.5 Å². The molecule has 0 saturated carbocycles. The maximum atomic E-state index is 5.99. The van der Waals surface area contributed by atoms with Gasteiger partial charge in [-0.1, -0.05) is 23.2 Å². The molecule has 0 amide bonds. The zero-order valence-corrected chi connectivity index (χ0v) is 12.7. The molecule has 1 aromatic rings. The summed E-state index contributed by atoms with van der Waals surface area (Å²) in [5, 5.41) is 4.87. The number of nitrogens with zero attached hydrogens (tertiary/aromatic N) is 1. The van der Waals surface area contributed by atoms with Crippen molar-refractivity contribution in [1.82, 2.24) is 10.2 Å². The minimum Gasteiger partial charge on any atom is -0.379 e. The first-order valence-electron chi connectivity index (χ1n) is 6.62. The van der Waals surface area contributed by atoms with Gasteiger partial charge in [-0.15, -0.1) is 0 Å². The average Bonchev–Trinajstić information content (AvgIpc) is 2.36. The fraction of sp³-hybridized carbons (Fsp3) is 0.571. The maximum Gasteiger partial charge on any atom is 0.0594 e. The molecule has 106 valence electrons. The van der Waals surface area contributed by atoms with Crippen LogP contribution < -0.4 is 5.32 Å². The number of benzene rings is 1. The molecule has 0 bridgehead atoms. The van der Waals surface area contributed by atoms with Crippen molar-refractivity contribution in [3.05, 3.63) is 33.8 Å². The molecule has 1 saturated heterocycles. The Morgan fingerprint density at radius 2 is 1.84 bits per heavy atom. The quantitative estimate of drug-likeness (QED) is 0.905. The SMILES string of the molecule is CC(CN1CCOCC1)NCc1cc(Cl)cc(Cl)c1. The summed E-state index contributed by atoms with van der Waals surface area (Å²) in [7, 11) is 0. The lowest BCUT2D eigenvalue weighted by Crippen LogP contribution is -2.44. The first-order chi connectivity index (χ1) is 9.13. The van der Waals surface area contributed by atoms with Gasteiger partial charge in [0.25, 0.3) is 0 Å². The number of nitrogens with one attached hydrogen (secondary N) is 1. The minimum atomic E-state index is 0.427. The Balaban J connectivity index is 1.77. The van der Waals surface area contributed by atoms with E-state index in [1.807, 2.05) is 12.1 Å². The first kappa shape index (κ1) is 15.1. The van der Waals surface area contributed by atoms with Crippen LogP contribution in [0.25, 0.3) is 0 Å². The number of ether oxygens (including phenoxy) is 1. The number of morpholine rings is 1. The van der Waals surface area contributed by atoms with Crippen molar-refractivity contribution in [3.63, 3.8) is 0 Å². The van der Waals surface area contributed by atoms with Gasteiger partial charge in [0.1, 0.15) is 0 Å². The van der Waals surface area contributed by atoms with Gasteiger partial charge in [0.15, 0.2) is 0 Å². The molecular weight excluding hydrogens is 283 g/mol. The van der Waals surface area contributed by atoms with E-state index in [9.17, 15) is 0 Å². The van der Waals surface area contributed by atoms with Gasteiger partial charge in [-0.2, -0.15) is 0 Å². The summed E-state index contributed by atoms with van der Waals surface area (Å²) < 4.78 is 5.35. The summed E-state index contributed by atoms with van der Waals surface area (Å²) in [6.45, 7) is 7.75. The zero-order valence-electron chi connectivity index (χ0n) is 11.2. The average molecular weight is 303 g/mol. The lowest BCUT2D eigenvalue weighted by atomic mass is 10.2. The van der Waals surface area contributed by atoms with E-state index in [4.69, 9.17) is 27.9 Å². The Morgan fingerprint density at radius 3 is 2.47 bits per heavy atom.